The smallest absolute Gasteiger partial charge is 0.341 e. The summed E-state index contributed by atoms with van der Waals surface area (Å²) < 4.78 is 14.1. The molecule has 3 aromatic rings. The molecule has 0 saturated carbocycles. The number of pyridine rings is 2. The number of amides is 1. The Morgan fingerprint density at radius 1 is 1.31 bits per heavy atom. The standard InChI is InChI=1S/C23H26N4O5/c1-3-8-19(28)25-21-17(23(30)31-4-2)13-16-20(27(21)14-15-9-7-12-32-15)24-18-10-5-6-11-26(18)22(16)29/h5-6,10-11,13,15H,3-4,7-9,12,14H2,1-2H3/t15-/m1/s1. The quantitative estimate of drug-likeness (QED) is 0.432. The number of rotatable bonds is 6. The van der Waals surface area contributed by atoms with Crippen molar-refractivity contribution in [3.05, 3.63) is 51.9 Å². The molecule has 1 atom stereocenters. The molecular weight excluding hydrogens is 412 g/mol. The molecule has 0 aromatic carbocycles. The Balaban J connectivity index is 2.10. The summed E-state index contributed by atoms with van der Waals surface area (Å²) in [4.78, 5) is 47.6. The molecule has 9 nitrogen and oxygen atoms in total. The highest BCUT2D eigenvalue weighted by molar-refractivity contribution is 5.93. The zero-order chi connectivity index (χ0) is 22.7. The van der Waals surface area contributed by atoms with E-state index in [4.69, 9.17) is 9.47 Å². The normalized spacial score (nSPS) is 16.7. The molecule has 1 aliphatic rings. The van der Waals surface area contributed by atoms with Crippen molar-refractivity contribution in [1.82, 2.24) is 14.0 Å². The Labute approximate surface area is 184 Å². The van der Waals surface area contributed by atoms with Crippen LogP contribution in [0.1, 0.15) is 49.9 Å². The van der Waals surface area contributed by atoms with Crippen LogP contribution in [0, 0.1) is 0 Å². The summed E-state index contributed by atoms with van der Waals surface area (Å²) in [6.45, 7) is 4.69. The van der Waals surface area contributed by atoms with E-state index >= 15 is 0 Å². The van der Waals surface area contributed by atoms with Gasteiger partial charge < -0.3 is 14.0 Å². The van der Waals surface area contributed by atoms with Gasteiger partial charge in [-0.05, 0) is 44.4 Å². The number of aromatic nitrogens is 3. The molecule has 0 aliphatic carbocycles. The fourth-order valence-electron chi connectivity index (χ4n) is 3.91. The van der Waals surface area contributed by atoms with Gasteiger partial charge in [0.05, 0.1) is 24.6 Å². The van der Waals surface area contributed by atoms with Gasteiger partial charge >= 0.3 is 5.97 Å². The van der Waals surface area contributed by atoms with Crippen molar-refractivity contribution in [3.8, 4) is 0 Å². The average molecular weight is 438 g/mol. The van der Waals surface area contributed by atoms with Gasteiger partial charge in [-0.1, -0.05) is 13.0 Å². The van der Waals surface area contributed by atoms with Crippen LogP contribution in [-0.2, 0) is 20.8 Å². The van der Waals surface area contributed by atoms with Crippen LogP contribution in [0.3, 0.4) is 0 Å². The molecule has 0 radical (unpaired) electrons. The maximum Gasteiger partial charge on any atom is 0.341 e. The van der Waals surface area contributed by atoms with E-state index in [2.05, 4.69) is 9.98 Å². The highest BCUT2D eigenvalue weighted by atomic mass is 16.5. The lowest BCUT2D eigenvalue weighted by Crippen LogP contribution is -2.35. The predicted octanol–water partition coefficient (Wildman–Crippen LogP) is 2.23. The highest BCUT2D eigenvalue weighted by Crippen LogP contribution is 2.17. The molecule has 1 amide bonds. The Kier molecular flexibility index (Phi) is 6.45. The van der Waals surface area contributed by atoms with Gasteiger partial charge in [-0.25, -0.2) is 9.78 Å². The molecule has 0 N–H and O–H groups in total. The molecule has 9 heteroatoms. The van der Waals surface area contributed by atoms with Crippen LogP contribution in [0.5, 0.6) is 0 Å². The number of nitrogens with zero attached hydrogens (tertiary/aromatic N) is 4. The Hall–Kier alpha value is -3.33. The van der Waals surface area contributed by atoms with Crippen molar-refractivity contribution in [2.75, 3.05) is 13.2 Å². The molecule has 3 aromatic heterocycles. The molecule has 1 fully saturated rings. The molecule has 32 heavy (non-hydrogen) atoms. The van der Waals surface area contributed by atoms with Gasteiger partial charge in [0.1, 0.15) is 16.9 Å². The molecule has 4 rings (SSSR count). The number of hydrogen-bond donors (Lipinski definition) is 0. The zero-order valence-corrected chi connectivity index (χ0v) is 18.2. The summed E-state index contributed by atoms with van der Waals surface area (Å²) in [5.74, 6) is -0.993. The van der Waals surface area contributed by atoms with E-state index in [1.807, 2.05) is 6.92 Å². The third kappa shape index (κ3) is 4.20. The lowest BCUT2D eigenvalue weighted by Gasteiger charge is -2.18. The summed E-state index contributed by atoms with van der Waals surface area (Å²) in [5, 5.41) is 0.247. The maximum atomic E-state index is 13.3. The molecule has 1 aliphatic heterocycles. The summed E-state index contributed by atoms with van der Waals surface area (Å²) in [6.07, 6.45) is 4.11. The van der Waals surface area contributed by atoms with Crippen molar-refractivity contribution in [2.24, 2.45) is 4.99 Å². The molecule has 0 bridgehead atoms. The predicted molar refractivity (Wildman–Crippen MR) is 117 cm³/mol. The zero-order valence-electron chi connectivity index (χ0n) is 18.2. The summed E-state index contributed by atoms with van der Waals surface area (Å²) in [7, 11) is 0. The summed E-state index contributed by atoms with van der Waals surface area (Å²) >= 11 is 0. The first-order valence-corrected chi connectivity index (χ1v) is 10.9. The number of carbonyl (C=O) groups is 2. The van der Waals surface area contributed by atoms with Crippen molar-refractivity contribution in [2.45, 2.75) is 52.2 Å². The van der Waals surface area contributed by atoms with Gasteiger partial charge in [0.15, 0.2) is 5.49 Å². The molecule has 168 valence electrons. The van der Waals surface area contributed by atoms with Crippen molar-refractivity contribution >= 4 is 28.6 Å². The van der Waals surface area contributed by atoms with Crippen LogP contribution in [-0.4, -0.2) is 45.1 Å². The fraction of sp³-hybridized carbons (Fsp3) is 0.435. The molecule has 0 spiro atoms. The molecular formula is C23H26N4O5. The Morgan fingerprint density at radius 3 is 2.88 bits per heavy atom. The number of esters is 1. The highest BCUT2D eigenvalue weighted by Gasteiger charge is 2.23. The lowest BCUT2D eigenvalue weighted by atomic mass is 10.2. The maximum absolute atomic E-state index is 13.3. The van der Waals surface area contributed by atoms with Gasteiger partial charge in [0.2, 0.25) is 5.91 Å². The van der Waals surface area contributed by atoms with Gasteiger partial charge in [-0.15, -0.1) is 0 Å². The van der Waals surface area contributed by atoms with Gasteiger partial charge in [0.25, 0.3) is 5.56 Å². The van der Waals surface area contributed by atoms with Gasteiger partial charge in [-0.2, -0.15) is 4.99 Å². The molecule has 4 heterocycles. The van der Waals surface area contributed by atoms with Gasteiger partial charge in [-0.3, -0.25) is 14.0 Å². The Morgan fingerprint density at radius 2 is 2.16 bits per heavy atom. The molecule has 0 unspecified atom stereocenters. The SMILES string of the molecule is CCCC(=O)N=c1c(C(=O)OCC)cc2c(=O)n3ccccc3nc2n1C[C@H]1CCCO1. The monoisotopic (exact) mass is 438 g/mol. The van der Waals surface area contributed by atoms with Crippen molar-refractivity contribution in [1.29, 1.82) is 0 Å². The van der Waals surface area contributed by atoms with Crippen molar-refractivity contribution in [3.63, 3.8) is 0 Å². The minimum absolute atomic E-state index is 0.0663. The Bertz CT molecular complexity index is 1300. The van der Waals surface area contributed by atoms with E-state index in [0.29, 0.717) is 30.9 Å². The van der Waals surface area contributed by atoms with Crippen LogP contribution >= 0.6 is 0 Å². The number of hydrogen-bond acceptors (Lipinski definition) is 6. The average Bonchev–Trinajstić information content (AvgIpc) is 3.29. The molecule has 1 saturated heterocycles. The van der Waals surface area contributed by atoms with E-state index in [1.165, 1.54) is 10.5 Å². The minimum Gasteiger partial charge on any atom is -0.462 e. The van der Waals surface area contributed by atoms with Crippen LogP contribution in [0.2, 0.25) is 0 Å². The lowest BCUT2D eigenvalue weighted by molar-refractivity contribution is -0.118. The summed E-state index contributed by atoms with van der Waals surface area (Å²) in [6, 6.07) is 6.70. The van der Waals surface area contributed by atoms with Crippen molar-refractivity contribution < 1.29 is 19.1 Å². The first-order chi connectivity index (χ1) is 15.5. The number of fused-ring (bicyclic) bond motifs is 2. The van der Waals surface area contributed by atoms with E-state index in [9.17, 15) is 14.4 Å². The third-order valence-corrected chi connectivity index (χ3v) is 5.39. The van der Waals surface area contributed by atoms with Crippen LogP contribution in [0.25, 0.3) is 16.7 Å². The van der Waals surface area contributed by atoms with E-state index < -0.39 is 5.97 Å². The second kappa shape index (κ2) is 9.44. The first-order valence-electron chi connectivity index (χ1n) is 10.9. The second-order valence-corrected chi connectivity index (χ2v) is 7.69. The van der Waals surface area contributed by atoms with Crippen LogP contribution in [0.4, 0.5) is 0 Å². The number of ether oxygens (including phenoxy) is 2. The van der Waals surface area contributed by atoms with E-state index in [-0.39, 0.29) is 47.0 Å². The minimum atomic E-state index is -0.643. The fourth-order valence-corrected chi connectivity index (χ4v) is 3.91. The third-order valence-electron chi connectivity index (χ3n) is 5.39. The number of carbonyl (C=O) groups excluding carboxylic acids is 2. The first kappa shape index (κ1) is 21.9. The van der Waals surface area contributed by atoms with Crippen LogP contribution in [0.15, 0.2) is 40.2 Å². The van der Waals surface area contributed by atoms with E-state index in [0.717, 1.165) is 12.8 Å². The van der Waals surface area contributed by atoms with E-state index in [1.54, 1.807) is 35.9 Å². The topological polar surface area (TPSA) is 104 Å². The summed E-state index contributed by atoms with van der Waals surface area (Å²) in [5.41, 5.74) is 0.714. The van der Waals surface area contributed by atoms with Gasteiger partial charge in [0, 0.05) is 19.2 Å². The largest absolute Gasteiger partial charge is 0.462 e. The second-order valence-electron chi connectivity index (χ2n) is 7.69. The van der Waals surface area contributed by atoms with Crippen LogP contribution < -0.4 is 11.0 Å².